The molecule has 8 heteroatoms. The van der Waals surface area contributed by atoms with Crippen molar-refractivity contribution in [1.29, 1.82) is 0 Å². The van der Waals surface area contributed by atoms with Gasteiger partial charge in [-0.05, 0) is 18.4 Å². The lowest BCUT2D eigenvalue weighted by molar-refractivity contribution is -0.00297. The topological polar surface area (TPSA) is 137 Å². The molecule has 0 aromatic rings. The molecule has 102 valence electrons. The first kappa shape index (κ1) is 16.7. The van der Waals surface area contributed by atoms with E-state index in [2.05, 4.69) is 11.7 Å². The second-order valence-corrected chi connectivity index (χ2v) is 4.42. The zero-order chi connectivity index (χ0) is 14.3. The van der Waals surface area contributed by atoms with E-state index in [1.807, 2.05) is 13.0 Å². The van der Waals surface area contributed by atoms with E-state index in [4.69, 9.17) is 28.8 Å². The summed E-state index contributed by atoms with van der Waals surface area (Å²) < 4.78 is 31.6. The first-order valence-corrected chi connectivity index (χ1v) is 6.72. The molecule has 0 aliphatic heterocycles. The molecule has 7 nitrogen and oxygen atoms in total. The molecule has 1 rings (SSSR count). The van der Waals surface area contributed by atoms with Gasteiger partial charge in [-0.15, -0.1) is 0 Å². The summed E-state index contributed by atoms with van der Waals surface area (Å²) in [5.74, 6) is 0. The van der Waals surface area contributed by atoms with E-state index in [0.29, 0.717) is 5.71 Å². The van der Waals surface area contributed by atoms with Crippen LogP contribution < -0.4 is 5.73 Å². The molecule has 0 amide bonds. The van der Waals surface area contributed by atoms with Gasteiger partial charge >= 0.3 is 16.1 Å². The molecule has 0 aromatic carbocycles. The quantitative estimate of drug-likeness (QED) is 0.392. The molecule has 0 fully saturated rings. The summed E-state index contributed by atoms with van der Waals surface area (Å²) in [5, 5.41) is 0. The van der Waals surface area contributed by atoms with Crippen LogP contribution in [-0.2, 0) is 10.4 Å². The van der Waals surface area contributed by atoms with Crippen LogP contribution in [0, 0.1) is 0 Å². The Labute approximate surface area is 106 Å². The number of nitrogens with two attached hydrogens (primary N) is 1. The van der Waals surface area contributed by atoms with Crippen LogP contribution in [0.3, 0.4) is 0 Å². The highest BCUT2D eigenvalue weighted by atomic mass is 32.3. The van der Waals surface area contributed by atoms with Crippen LogP contribution in [-0.4, -0.2) is 34.1 Å². The Balaban J connectivity index is 0.000000494. The summed E-state index contributed by atoms with van der Waals surface area (Å²) in [6.07, 6.45) is 5.42. The number of allylic oxidation sites excluding steroid dienone is 2. The maximum absolute atomic E-state index is 8.75. The van der Waals surface area contributed by atoms with Crippen molar-refractivity contribution in [1.82, 2.24) is 0 Å². The third-order valence-corrected chi connectivity index (χ3v) is 2.40. The second kappa shape index (κ2) is 7.20. The third kappa shape index (κ3) is 5.85. The summed E-state index contributed by atoms with van der Waals surface area (Å²) in [6, 6.07) is -0.00884. The minimum atomic E-state index is -4.67. The molecule has 1 atom stereocenters. The summed E-state index contributed by atoms with van der Waals surface area (Å²) in [7, 11) is -4.67. The fraction of sp³-hybridized carbons (Fsp3) is 0.500. The van der Waals surface area contributed by atoms with Gasteiger partial charge in [0.15, 0.2) is 0 Å². The van der Waals surface area contributed by atoms with Crippen molar-refractivity contribution < 1.29 is 22.3 Å². The van der Waals surface area contributed by atoms with Crippen LogP contribution in [0.15, 0.2) is 23.3 Å². The summed E-state index contributed by atoms with van der Waals surface area (Å²) in [5.41, 5.74) is 17.6. The van der Waals surface area contributed by atoms with Crippen molar-refractivity contribution >= 4 is 16.1 Å². The average molecular weight is 275 g/mol. The van der Waals surface area contributed by atoms with Crippen molar-refractivity contribution in [3.63, 3.8) is 0 Å². The van der Waals surface area contributed by atoms with E-state index in [-0.39, 0.29) is 6.04 Å². The zero-order valence-electron chi connectivity index (χ0n) is 10.2. The minimum Gasteiger partial charge on any atom is -0.361 e. The highest BCUT2D eigenvalue weighted by Crippen LogP contribution is 2.21. The molecule has 18 heavy (non-hydrogen) atoms. The Kier molecular flexibility index (Phi) is 6.67. The van der Waals surface area contributed by atoms with E-state index in [1.165, 1.54) is 5.57 Å². The molecule has 0 heterocycles. The average Bonchev–Trinajstić information content (AvgIpc) is 2.26. The van der Waals surface area contributed by atoms with Crippen LogP contribution in [0.2, 0.25) is 0 Å². The first-order valence-electron chi connectivity index (χ1n) is 5.32. The monoisotopic (exact) mass is 275 g/mol. The predicted octanol–water partition coefficient (Wildman–Crippen LogP) is 1.02. The van der Waals surface area contributed by atoms with Crippen LogP contribution in [0.25, 0.3) is 5.53 Å². The molecule has 1 aliphatic carbocycles. The van der Waals surface area contributed by atoms with Crippen LogP contribution >= 0.6 is 0 Å². The predicted molar refractivity (Wildman–Crippen MR) is 67.5 cm³/mol. The molecule has 1 unspecified atom stereocenters. The van der Waals surface area contributed by atoms with Gasteiger partial charge in [0, 0.05) is 17.7 Å². The van der Waals surface area contributed by atoms with Crippen LogP contribution in [0.4, 0.5) is 0 Å². The van der Waals surface area contributed by atoms with Gasteiger partial charge in [-0.2, -0.15) is 13.2 Å². The van der Waals surface area contributed by atoms with Crippen molar-refractivity contribution in [2.45, 2.75) is 32.7 Å². The lowest BCUT2D eigenvalue weighted by Gasteiger charge is -2.17. The van der Waals surface area contributed by atoms with Crippen LogP contribution in [0.5, 0.6) is 0 Å². The van der Waals surface area contributed by atoms with Crippen molar-refractivity contribution in [3.05, 3.63) is 28.8 Å². The van der Waals surface area contributed by atoms with E-state index in [9.17, 15) is 0 Å². The Hall–Kier alpha value is -1.31. The lowest BCUT2D eigenvalue weighted by atomic mass is 9.89. The highest BCUT2D eigenvalue weighted by Gasteiger charge is 2.22. The van der Waals surface area contributed by atoms with Gasteiger partial charge in [0.25, 0.3) is 0 Å². The van der Waals surface area contributed by atoms with Gasteiger partial charge in [-0.25, -0.2) is 0 Å². The zero-order valence-corrected chi connectivity index (χ0v) is 11.1. The summed E-state index contributed by atoms with van der Waals surface area (Å²) >= 11 is 0. The fourth-order valence-corrected chi connectivity index (χ4v) is 1.73. The molecular weight excluding hydrogens is 258 g/mol. The normalized spacial score (nSPS) is 19.2. The Bertz CT molecular complexity index is 493. The van der Waals surface area contributed by atoms with Gasteiger partial charge in [0.1, 0.15) is 0 Å². The number of hydrogen-bond donors (Lipinski definition) is 3. The van der Waals surface area contributed by atoms with Gasteiger partial charge in [0.05, 0.1) is 0 Å². The molecule has 0 aromatic heterocycles. The maximum atomic E-state index is 8.75. The van der Waals surface area contributed by atoms with Gasteiger partial charge < -0.3 is 11.3 Å². The summed E-state index contributed by atoms with van der Waals surface area (Å²) in [4.78, 5) is 3.25. The fourth-order valence-electron chi connectivity index (χ4n) is 1.73. The molecule has 0 spiro atoms. The van der Waals surface area contributed by atoms with Crippen molar-refractivity contribution in [2.75, 3.05) is 0 Å². The Morgan fingerprint density at radius 1 is 1.39 bits per heavy atom. The van der Waals surface area contributed by atoms with Crippen molar-refractivity contribution in [2.24, 2.45) is 5.73 Å². The molecular formula is C10H17N3O4S. The highest BCUT2D eigenvalue weighted by molar-refractivity contribution is 7.79. The summed E-state index contributed by atoms with van der Waals surface area (Å²) in [6.45, 7) is 4.11. The van der Waals surface area contributed by atoms with E-state index < -0.39 is 10.4 Å². The molecule has 0 saturated heterocycles. The molecule has 1 aliphatic rings. The largest absolute Gasteiger partial charge is 0.394 e. The lowest BCUT2D eigenvalue weighted by Crippen LogP contribution is -2.26. The Morgan fingerprint density at radius 3 is 2.22 bits per heavy atom. The standard InChI is InChI=1S/C10H15N3.H2O4S/c1-3-7-8(4-2)10(13-12)6-5-9(7)11;1-5(2,3)4/h5-6,9H,3-4,11H2,1-2H3;(H2,1,2,3,4). The van der Waals surface area contributed by atoms with E-state index in [1.54, 1.807) is 6.08 Å². The third-order valence-electron chi connectivity index (χ3n) is 2.40. The second-order valence-electron chi connectivity index (χ2n) is 3.53. The first-order chi connectivity index (χ1) is 8.24. The van der Waals surface area contributed by atoms with E-state index >= 15 is 0 Å². The minimum absolute atomic E-state index is 0.00884. The molecule has 0 bridgehead atoms. The Morgan fingerprint density at radius 2 is 1.89 bits per heavy atom. The van der Waals surface area contributed by atoms with E-state index in [0.717, 1.165) is 18.4 Å². The van der Waals surface area contributed by atoms with Crippen LogP contribution in [0.1, 0.15) is 26.7 Å². The molecule has 0 saturated carbocycles. The maximum Gasteiger partial charge on any atom is 0.394 e. The van der Waals surface area contributed by atoms with Gasteiger partial charge in [-0.1, -0.05) is 19.9 Å². The van der Waals surface area contributed by atoms with Crippen molar-refractivity contribution in [3.8, 4) is 0 Å². The molecule has 4 N–H and O–H groups in total. The number of rotatable bonds is 2. The molecule has 0 radical (unpaired) electrons. The van der Waals surface area contributed by atoms with Gasteiger partial charge in [0.2, 0.25) is 0 Å². The smallest absolute Gasteiger partial charge is 0.361 e. The SMILES string of the molecule is CCC1=C(CC)C(N)C=CC1=[N+]=[N-].O=S(=O)(O)O. The number of nitrogens with zero attached hydrogens (tertiary/aromatic N) is 2. The van der Waals surface area contributed by atoms with Gasteiger partial charge in [-0.3, -0.25) is 9.11 Å². The number of hydrogen-bond acceptors (Lipinski definition) is 3.